The Morgan fingerprint density at radius 1 is 1.47 bits per heavy atom. The second-order valence-corrected chi connectivity index (χ2v) is 5.57. The van der Waals surface area contributed by atoms with E-state index in [4.69, 9.17) is 0 Å². The van der Waals surface area contributed by atoms with E-state index in [0.29, 0.717) is 16.2 Å². The average Bonchev–Trinajstić information content (AvgIpc) is 3.26. The van der Waals surface area contributed by atoms with Crippen molar-refractivity contribution in [3.8, 4) is 11.4 Å². The van der Waals surface area contributed by atoms with Crippen LogP contribution in [-0.2, 0) is 6.42 Å². The number of H-pyrrole nitrogens is 1. The van der Waals surface area contributed by atoms with Crippen LogP contribution in [-0.4, -0.2) is 15.0 Å². The predicted molar refractivity (Wildman–Crippen MR) is 77.1 cm³/mol. The molecule has 0 radical (unpaired) electrons. The number of halogens is 1. The normalized spacial score (nSPS) is 14.6. The number of pyridine rings is 1. The van der Waals surface area contributed by atoms with Crippen LogP contribution in [0.15, 0.2) is 27.7 Å². The maximum Gasteiger partial charge on any atom is 0.265 e. The van der Waals surface area contributed by atoms with Crippen LogP contribution in [0.1, 0.15) is 36.9 Å². The molecule has 2 aromatic heterocycles. The molecule has 1 aliphatic carbocycles. The predicted octanol–water partition coefficient (Wildman–Crippen LogP) is 3.03. The monoisotopic (exact) mass is 319 g/mol. The van der Waals surface area contributed by atoms with Crippen LogP contribution in [0.4, 0.5) is 0 Å². The van der Waals surface area contributed by atoms with Crippen LogP contribution in [0.2, 0.25) is 0 Å². The van der Waals surface area contributed by atoms with Crippen LogP contribution in [0.5, 0.6) is 0 Å². The maximum absolute atomic E-state index is 12.0. The lowest BCUT2D eigenvalue weighted by atomic mass is 10.1. The second-order valence-electron chi connectivity index (χ2n) is 4.77. The fourth-order valence-electron chi connectivity index (χ4n) is 2.17. The molecule has 1 N–H and O–H groups in total. The van der Waals surface area contributed by atoms with Gasteiger partial charge in [0.2, 0.25) is 0 Å². The van der Waals surface area contributed by atoms with Crippen LogP contribution in [0, 0.1) is 0 Å². The Bertz CT molecular complexity index is 677. The minimum atomic E-state index is -0.106. The van der Waals surface area contributed by atoms with Crippen molar-refractivity contribution in [3.63, 3.8) is 0 Å². The third kappa shape index (κ3) is 2.34. The molecule has 0 spiro atoms. The molecule has 0 unspecified atom stereocenters. The summed E-state index contributed by atoms with van der Waals surface area (Å²) in [4.78, 5) is 23.6. The minimum absolute atomic E-state index is 0.106. The number of aromatic nitrogens is 3. The highest BCUT2D eigenvalue weighted by Crippen LogP contribution is 2.41. The number of nitrogens with zero attached hydrogens (tertiary/aromatic N) is 2. The highest BCUT2D eigenvalue weighted by Gasteiger charge is 2.29. The van der Waals surface area contributed by atoms with Crippen molar-refractivity contribution in [1.29, 1.82) is 0 Å². The molecule has 1 aliphatic rings. The zero-order chi connectivity index (χ0) is 13.4. The van der Waals surface area contributed by atoms with Gasteiger partial charge in [-0.25, -0.2) is 4.98 Å². The molecule has 2 heterocycles. The van der Waals surface area contributed by atoms with Crippen molar-refractivity contribution in [1.82, 2.24) is 15.0 Å². The summed E-state index contributed by atoms with van der Waals surface area (Å²) < 4.78 is 0.575. The Kier molecular flexibility index (Phi) is 3.22. The molecule has 5 heteroatoms. The van der Waals surface area contributed by atoms with Crippen LogP contribution >= 0.6 is 15.9 Å². The van der Waals surface area contributed by atoms with Gasteiger partial charge in [-0.1, -0.05) is 6.92 Å². The Hall–Kier alpha value is -1.49. The number of nitrogens with one attached hydrogen (secondary N) is 1. The van der Waals surface area contributed by atoms with E-state index in [0.717, 1.165) is 36.1 Å². The van der Waals surface area contributed by atoms with Gasteiger partial charge in [-0.2, -0.15) is 0 Å². The first-order valence-electron chi connectivity index (χ1n) is 6.43. The Morgan fingerprint density at radius 3 is 2.95 bits per heavy atom. The number of aryl methyl sites for hydroxylation is 1. The lowest BCUT2D eigenvalue weighted by Crippen LogP contribution is -2.13. The zero-order valence-electron chi connectivity index (χ0n) is 10.6. The fraction of sp³-hybridized carbons (Fsp3) is 0.357. The third-order valence-corrected chi connectivity index (χ3v) is 4.16. The van der Waals surface area contributed by atoms with Crippen molar-refractivity contribution in [2.75, 3.05) is 0 Å². The third-order valence-electron chi connectivity index (χ3n) is 3.39. The molecule has 0 atom stereocenters. The molecule has 1 fully saturated rings. The molecule has 0 aromatic carbocycles. The summed E-state index contributed by atoms with van der Waals surface area (Å²) in [5.41, 5.74) is 2.84. The lowest BCUT2D eigenvalue weighted by Gasteiger charge is -2.09. The molecule has 0 bridgehead atoms. The molecule has 0 amide bonds. The van der Waals surface area contributed by atoms with Gasteiger partial charge in [0.1, 0.15) is 10.3 Å². The van der Waals surface area contributed by atoms with E-state index >= 15 is 0 Å². The van der Waals surface area contributed by atoms with E-state index in [-0.39, 0.29) is 5.56 Å². The van der Waals surface area contributed by atoms with E-state index in [1.165, 1.54) is 0 Å². The van der Waals surface area contributed by atoms with Crippen molar-refractivity contribution < 1.29 is 0 Å². The fourth-order valence-corrected chi connectivity index (χ4v) is 2.68. The van der Waals surface area contributed by atoms with Crippen molar-refractivity contribution in [3.05, 3.63) is 44.5 Å². The van der Waals surface area contributed by atoms with Gasteiger partial charge in [-0.15, -0.1) is 0 Å². The molecule has 0 saturated heterocycles. The number of hydrogen-bond acceptors (Lipinski definition) is 3. The SMILES string of the molecule is CCc1cnccc1-c1nc(C2CC2)c(Br)c(=O)[nH]1. The van der Waals surface area contributed by atoms with Crippen molar-refractivity contribution >= 4 is 15.9 Å². The Balaban J connectivity index is 2.17. The van der Waals surface area contributed by atoms with Gasteiger partial charge in [0, 0.05) is 23.9 Å². The van der Waals surface area contributed by atoms with Gasteiger partial charge in [0.15, 0.2) is 0 Å². The molecule has 3 rings (SSSR count). The molecule has 19 heavy (non-hydrogen) atoms. The largest absolute Gasteiger partial charge is 0.306 e. The first-order chi connectivity index (χ1) is 9.20. The quantitative estimate of drug-likeness (QED) is 0.946. The van der Waals surface area contributed by atoms with E-state index in [2.05, 4.69) is 37.8 Å². The van der Waals surface area contributed by atoms with Crippen LogP contribution in [0.3, 0.4) is 0 Å². The molecule has 1 saturated carbocycles. The van der Waals surface area contributed by atoms with E-state index in [1.807, 2.05) is 12.3 Å². The van der Waals surface area contributed by atoms with Crippen LogP contribution in [0.25, 0.3) is 11.4 Å². The van der Waals surface area contributed by atoms with Crippen molar-refractivity contribution in [2.45, 2.75) is 32.1 Å². The number of aromatic amines is 1. The standard InChI is InChI=1S/C14H14BrN3O/c1-2-8-7-16-6-5-10(8)13-17-12(9-3-4-9)11(15)14(19)18-13/h5-7,9H,2-4H2,1H3,(H,17,18,19). The van der Waals surface area contributed by atoms with Gasteiger partial charge in [-0.3, -0.25) is 9.78 Å². The highest BCUT2D eigenvalue weighted by molar-refractivity contribution is 9.10. The summed E-state index contributed by atoms with van der Waals surface area (Å²) in [6.07, 6.45) is 6.65. The highest BCUT2D eigenvalue weighted by atomic mass is 79.9. The van der Waals surface area contributed by atoms with E-state index < -0.39 is 0 Å². The molecule has 4 nitrogen and oxygen atoms in total. The summed E-state index contributed by atoms with van der Waals surface area (Å²) in [5, 5.41) is 0. The number of rotatable bonds is 3. The second kappa shape index (κ2) is 4.89. The lowest BCUT2D eigenvalue weighted by molar-refractivity contribution is 0.954. The molecule has 98 valence electrons. The summed E-state index contributed by atoms with van der Waals surface area (Å²) >= 11 is 3.34. The molecule has 0 aliphatic heterocycles. The summed E-state index contributed by atoms with van der Waals surface area (Å²) in [6, 6.07) is 1.90. The molecular formula is C14H14BrN3O. The van der Waals surface area contributed by atoms with Gasteiger partial charge in [0.25, 0.3) is 5.56 Å². The van der Waals surface area contributed by atoms with Gasteiger partial charge in [-0.05, 0) is 46.8 Å². The zero-order valence-corrected chi connectivity index (χ0v) is 12.2. The molecule has 2 aromatic rings. The summed E-state index contributed by atoms with van der Waals surface area (Å²) in [7, 11) is 0. The smallest absolute Gasteiger partial charge is 0.265 e. The first kappa shape index (κ1) is 12.5. The van der Waals surface area contributed by atoms with E-state index in [1.54, 1.807) is 6.20 Å². The van der Waals surface area contributed by atoms with Gasteiger partial charge < -0.3 is 4.98 Å². The minimum Gasteiger partial charge on any atom is -0.306 e. The van der Waals surface area contributed by atoms with Gasteiger partial charge >= 0.3 is 0 Å². The molecular weight excluding hydrogens is 306 g/mol. The summed E-state index contributed by atoms with van der Waals surface area (Å²) in [5.74, 6) is 1.08. The Morgan fingerprint density at radius 2 is 2.26 bits per heavy atom. The first-order valence-corrected chi connectivity index (χ1v) is 7.23. The van der Waals surface area contributed by atoms with E-state index in [9.17, 15) is 4.79 Å². The topological polar surface area (TPSA) is 58.6 Å². The average molecular weight is 320 g/mol. The Labute approximate surface area is 119 Å². The maximum atomic E-state index is 12.0. The van der Waals surface area contributed by atoms with Crippen molar-refractivity contribution in [2.24, 2.45) is 0 Å². The number of hydrogen-bond donors (Lipinski definition) is 1. The van der Waals surface area contributed by atoms with Crippen LogP contribution < -0.4 is 5.56 Å². The van der Waals surface area contributed by atoms with Gasteiger partial charge in [0.05, 0.1) is 5.69 Å². The summed E-state index contributed by atoms with van der Waals surface area (Å²) in [6.45, 7) is 2.07.